The van der Waals surface area contributed by atoms with Gasteiger partial charge in [-0.2, -0.15) is 13.2 Å². The summed E-state index contributed by atoms with van der Waals surface area (Å²) in [4.78, 5) is 13.4. The minimum absolute atomic E-state index is 0.270. The van der Waals surface area contributed by atoms with Crippen LogP contribution in [0, 0.1) is 0 Å². The zero-order chi connectivity index (χ0) is 15.0. The number of ether oxygens (including phenoxy) is 1. The fourth-order valence-electron chi connectivity index (χ4n) is 2.05. The van der Waals surface area contributed by atoms with Gasteiger partial charge in [0.2, 0.25) is 5.91 Å². The second-order valence-corrected chi connectivity index (χ2v) is 5.19. The van der Waals surface area contributed by atoms with Crippen LogP contribution in [0.25, 0.3) is 0 Å². The van der Waals surface area contributed by atoms with Crippen LogP contribution in [-0.4, -0.2) is 56.4 Å². The summed E-state index contributed by atoms with van der Waals surface area (Å²) in [6.45, 7) is 2.95. The lowest BCUT2D eigenvalue weighted by molar-refractivity contribution is -0.144. The number of nitrogens with one attached hydrogen (secondary N) is 1. The molecular weight excluding hydrogens is 273 g/mol. The molecule has 0 atom stereocenters. The first-order chi connectivity index (χ1) is 9.37. The van der Waals surface area contributed by atoms with E-state index in [2.05, 4.69) is 17.3 Å². The van der Waals surface area contributed by atoms with Crippen LogP contribution < -0.4 is 5.32 Å². The fraction of sp³-hybridized carbons (Fsp3) is 0.923. The minimum atomic E-state index is -4.27. The largest absolute Gasteiger partial charge is 0.389 e. The van der Waals surface area contributed by atoms with E-state index in [1.54, 1.807) is 0 Å². The lowest BCUT2D eigenvalue weighted by Crippen LogP contribution is -2.34. The van der Waals surface area contributed by atoms with Crippen LogP contribution in [0.2, 0.25) is 0 Å². The summed E-state index contributed by atoms with van der Waals surface area (Å²) in [6.07, 6.45) is -2.92. The second-order valence-electron chi connectivity index (χ2n) is 5.19. The number of rotatable bonds is 7. The zero-order valence-electron chi connectivity index (χ0n) is 11.8. The molecule has 1 rings (SSSR count). The van der Waals surface area contributed by atoms with Crippen LogP contribution in [0.3, 0.4) is 0 Å². The Morgan fingerprint density at radius 3 is 2.60 bits per heavy atom. The van der Waals surface area contributed by atoms with Gasteiger partial charge in [0, 0.05) is 32.7 Å². The molecule has 0 radical (unpaired) electrons. The molecule has 20 heavy (non-hydrogen) atoms. The quantitative estimate of drug-likeness (QED) is 0.730. The van der Waals surface area contributed by atoms with Crippen LogP contribution in [0.4, 0.5) is 13.2 Å². The Morgan fingerprint density at radius 1 is 1.35 bits per heavy atom. The first kappa shape index (κ1) is 17.2. The van der Waals surface area contributed by atoms with Crippen molar-refractivity contribution in [3.8, 4) is 0 Å². The van der Waals surface area contributed by atoms with Crippen molar-refractivity contribution in [2.75, 3.05) is 33.3 Å². The number of halogens is 3. The van der Waals surface area contributed by atoms with Crippen molar-refractivity contribution in [2.24, 2.45) is 0 Å². The summed E-state index contributed by atoms with van der Waals surface area (Å²) >= 11 is 0. The topological polar surface area (TPSA) is 41.6 Å². The number of hydrogen-bond acceptors (Lipinski definition) is 3. The van der Waals surface area contributed by atoms with E-state index < -0.39 is 24.9 Å². The summed E-state index contributed by atoms with van der Waals surface area (Å²) in [5.41, 5.74) is 0. The zero-order valence-corrected chi connectivity index (χ0v) is 11.8. The van der Waals surface area contributed by atoms with E-state index >= 15 is 0 Å². The average Bonchev–Trinajstić information content (AvgIpc) is 2.37. The van der Waals surface area contributed by atoms with Gasteiger partial charge in [-0.1, -0.05) is 0 Å². The molecule has 0 aromatic heterocycles. The van der Waals surface area contributed by atoms with Gasteiger partial charge in [0.1, 0.15) is 0 Å². The Balaban J connectivity index is 1.95. The monoisotopic (exact) mass is 296 g/mol. The van der Waals surface area contributed by atoms with Crippen molar-refractivity contribution in [3.63, 3.8) is 0 Å². The molecule has 1 aliphatic rings. The SMILES string of the molecule is CN1CCC(OCCCNC(=O)CCC(F)(F)F)CC1. The fourth-order valence-corrected chi connectivity index (χ4v) is 2.05. The van der Waals surface area contributed by atoms with E-state index in [-0.39, 0.29) is 6.10 Å². The molecular formula is C13H23F3N2O2. The Labute approximate surface area is 117 Å². The maximum absolute atomic E-state index is 11.9. The van der Waals surface area contributed by atoms with E-state index in [1.807, 2.05) is 0 Å². The molecule has 4 nitrogen and oxygen atoms in total. The van der Waals surface area contributed by atoms with Crippen molar-refractivity contribution in [3.05, 3.63) is 0 Å². The molecule has 1 fully saturated rings. The highest BCUT2D eigenvalue weighted by Gasteiger charge is 2.27. The predicted molar refractivity (Wildman–Crippen MR) is 69.4 cm³/mol. The van der Waals surface area contributed by atoms with Gasteiger partial charge in [-0.3, -0.25) is 4.79 Å². The highest BCUT2D eigenvalue weighted by molar-refractivity contribution is 5.75. The number of nitrogens with zero attached hydrogens (tertiary/aromatic N) is 1. The molecule has 1 saturated heterocycles. The molecule has 0 bridgehead atoms. The summed E-state index contributed by atoms with van der Waals surface area (Å²) in [7, 11) is 2.08. The molecule has 7 heteroatoms. The summed E-state index contributed by atoms with van der Waals surface area (Å²) in [5.74, 6) is -0.554. The van der Waals surface area contributed by atoms with E-state index in [9.17, 15) is 18.0 Å². The first-order valence-corrected chi connectivity index (χ1v) is 7.00. The first-order valence-electron chi connectivity index (χ1n) is 7.00. The number of carbonyl (C=O) groups excluding carboxylic acids is 1. The third-order valence-corrected chi connectivity index (χ3v) is 3.30. The standard InChI is InChI=1S/C13H23F3N2O2/c1-18-8-4-11(5-9-18)20-10-2-7-17-12(19)3-6-13(14,15)16/h11H,2-10H2,1H3,(H,17,19). The summed E-state index contributed by atoms with van der Waals surface area (Å²) < 4.78 is 41.3. The Hall–Kier alpha value is -0.820. The molecule has 1 amide bonds. The molecule has 0 aromatic carbocycles. The second kappa shape index (κ2) is 8.46. The number of carbonyl (C=O) groups is 1. The molecule has 1 heterocycles. The highest BCUT2D eigenvalue weighted by Crippen LogP contribution is 2.20. The molecule has 0 aliphatic carbocycles. The van der Waals surface area contributed by atoms with Gasteiger partial charge in [-0.15, -0.1) is 0 Å². The van der Waals surface area contributed by atoms with Crippen molar-refractivity contribution in [2.45, 2.75) is 44.4 Å². The smallest absolute Gasteiger partial charge is 0.378 e. The van der Waals surface area contributed by atoms with Crippen LogP contribution >= 0.6 is 0 Å². The van der Waals surface area contributed by atoms with Gasteiger partial charge in [0.15, 0.2) is 0 Å². The Kier molecular flexibility index (Phi) is 7.29. The molecule has 1 aliphatic heterocycles. The maximum Gasteiger partial charge on any atom is 0.389 e. The Bertz CT molecular complexity index is 290. The number of piperidine rings is 1. The molecule has 118 valence electrons. The van der Waals surface area contributed by atoms with Gasteiger partial charge >= 0.3 is 6.18 Å². The van der Waals surface area contributed by atoms with Crippen molar-refractivity contribution in [1.29, 1.82) is 0 Å². The van der Waals surface area contributed by atoms with Crippen molar-refractivity contribution in [1.82, 2.24) is 10.2 Å². The molecule has 0 aromatic rings. The van der Waals surface area contributed by atoms with Gasteiger partial charge in [0.25, 0.3) is 0 Å². The predicted octanol–water partition coefficient (Wildman–Crippen LogP) is 1.95. The van der Waals surface area contributed by atoms with Crippen LogP contribution in [0.15, 0.2) is 0 Å². The van der Waals surface area contributed by atoms with Crippen LogP contribution in [-0.2, 0) is 9.53 Å². The number of alkyl halides is 3. The lowest BCUT2D eigenvalue weighted by Gasteiger charge is -2.28. The van der Waals surface area contributed by atoms with Crippen LogP contribution in [0.1, 0.15) is 32.1 Å². The number of hydrogen-bond donors (Lipinski definition) is 1. The van der Waals surface area contributed by atoms with Crippen LogP contribution in [0.5, 0.6) is 0 Å². The third kappa shape index (κ3) is 8.37. The molecule has 0 unspecified atom stereocenters. The van der Waals surface area contributed by atoms with Gasteiger partial charge < -0.3 is 15.0 Å². The van der Waals surface area contributed by atoms with E-state index in [0.29, 0.717) is 19.6 Å². The third-order valence-electron chi connectivity index (χ3n) is 3.30. The average molecular weight is 296 g/mol. The Morgan fingerprint density at radius 2 is 2.00 bits per heavy atom. The van der Waals surface area contributed by atoms with Crippen molar-refractivity contribution < 1.29 is 22.7 Å². The van der Waals surface area contributed by atoms with Gasteiger partial charge in [-0.25, -0.2) is 0 Å². The highest BCUT2D eigenvalue weighted by atomic mass is 19.4. The summed E-state index contributed by atoms with van der Waals surface area (Å²) in [5, 5.41) is 2.47. The maximum atomic E-state index is 11.9. The van der Waals surface area contributed by atoms with Gasteiger partial charge in [-0.05, 0) is 26.3 Å². The van der Waals surface area contributed by atoms with Gasteiger partial charge in [0.05, 0.1) is 12.5 Å². The molecule has 0 saturated carbocycles. The number of amides is 1. The minimum Gasteiger partial charge on any atom is -0.378 e. The molecule has 0 spiro atoms. The lowest BCUT2D eigenvalue weighted by atomic mass is 10.1. The van der Waals surface area contributed by atoms with E-state index in [0.717, 1.165) is 25.9 Å². The van der Waals surface area contributed by atoms with E-state index in [4.69, 9.17) is 4.74 Å². The van der Waals surface area contributed by atoms with Crippen molar-refractivity contribution >= 4 is 5.91 Å². The molecule has 1 N–H and O–H groups in total. The summed E-state index contributed by atoms with van der Waals surface area (Å²) in [6, 6.07) is 0. The normalized spacial score (nSPS) is 18.2. The van der Waals surface area contributed by atoms with E-state index in [1.165, 1.54) is 0 Å². The number of likely N-dealkylation sites (tertiary alicyclic amines) is 1.